The summed E-state index contributed by atoms with van der Waals surface area (Å²) in [7, 11) is -3.55. The van der Waals surface area contributed by atoms with Crippen LogP contribution in [0.4, 0.5) is 5.69 Å². The number of nitrogens with zero attached hydrogens (tertiary/aromatic N) is 2. The lowest BCUT2D eigenvalue weighted by Gasteiger charge is -2.32. The van der Waals surface area contributed by atoms with E-state index in [1.165, 1.54) is 9.21 Å². The Morgan fingerprint density at radius 3 is 2.17 bits per heavy atom. The lowest BCUT2D eigenvalue weighted by Crippen LogP contribution is -2.52. The summed E-state index contributed by atoms with van der Waals surface area (Å²) < 4.78 is 26.4. The van der Waals surface area contributed by atoms with Gasteiger partial charge in [-0.3, -0.25) is 13.9 Å². The number of sulfonamides is 1. The highest BCUT2D eigenvalue weighted by atomic mass is 35.5. The van der Waals surface area contributed by atoms with Crippen molar-refractivity contribution in [1.82, 2.24) is 10.2 Å². The summed E-state index contributed by atoms with van der Waals surface area (Å²) in [5.74, 6) is -0.517. The smallest absolute Gasteiger partial charge is 0.242 e. The van der Waals surface area contributed by atoms with Gasteiger partial charge in [0.15, 0.2) is 0 Å². The molecule has 0 fully saturated rings. The van der Waals surface area contributed by atoms with Gasteiger partial charge in [-0.1, -0.05) is 35.9 Å². The molecule has 0 aliphatic heterocycles. The Bertz CT molecular complexity index is 1170. The van der Waals surface area contributed by atoms with Gasteiger partial charge >= 0.3 is 0 Å². The van der Waals surface area contributed by atoms with Crippen LogP contribution in [0, 0.1) is 13.8 Å². The molecule has 2 aromatic rings. The molecule has 9 heteroatoms. The maximum Gasteiger partial charge on any atom is 0.242 e. The number of carbonyl (C=O) groups is 2. The van der Waals surface area contributed by atoms with Gasteiger partial charge in [0.1, 0.15) is 6.04 Å². The molecule has 0 bridgehead atoms. The summed E-state index contributed by atoms with van der Waals surface area (Å²) in [6.45, 7) is 11.5. The van der Waals surface area contributed by atoms with E-state index in [0.29, 0.717) is 17.1 Å². The predicted octanol–water partition coefficient (Wildman–Crippen LogP) is 4.84. The van der Waals surface area contributed by atoms with Crippen molar-refractivity contribution >= 4 is 39.1 Å². The standard InChI is InChI=1S/C27H38ClN3O4S/c1-19-15-20(2)17-23(16-19)31(36(7,34)35)14-10-13-25(32)30(18-22-11-8-9-12-24(22)28)21(3)26(33)29-27(4,5)6/h8-9,11-12,15-17,21H,10,13-14,18H2,1-7H3,(H,29,33)/t21-/m0/s1. The summed E-state index contributed by atoms with van der Waals surface area (Å²) in [6.07, 6.45) is 1.54. The quantitative estimate of drug-likeness (QED) is 0.472. The molecule has 1 N–H and O–H groups in total. The molecule has 198 valence electrons. The Balaban J connectivity index is 2.23. The Labute approximate surface area is 220 Å². The van der Waals surface area contributed by atoms with Crippen LogP contribution in [-0.4, -0.2) is 49.5 Å². The van der Waals surface area contributed by atoms with Crippen LogP contribution in [0.3, 0.4) is 0 Å². The van der Waals surface area contributed by atoms with Crippen molar-refractivity contribution in [1.29, 1.82) is 0 Å². The molecule has 2 rings (SSSR count). The molecule has 0 aliphatic carbocycles. The molecule has 0 heterocycles. The lowest BCUT2D eigenvalue weighted by molar-refractivity contribution is -0.141. The minimum atomic E-state index is -3.55. The van der Waals surface area contributed by atoms with E-state index >= 15 is 0 Å². The van der Waals surface area contributed by atoms with Gasteiger partial charge in [-0.15, -0.1) is 0 Å². The zero-order valence-electron chi connectivity index (χ0n) is 22.3. The first-order valence-corrected chi connectivity index (χ1v) is 14.2. The van der Waals surface area contributed by atoms with Crippen molar-refractivity contribution < 1.29 is 18.0 Å². The number of hydrogen-bond donors (Lipinski definition) is 1. The van der Waals surface area contributed by atoms with Crippen molar-refractivity contribution in [2.24, 2.45) is 0 Å². The Morgan fingerprint density at radius 1 is 1.06 bits per heavy atom. The number of benzene rings is 2. The van der Waals surface area contributed by atoms with Crippen LogP contribution in [0.2, 0.25) is 5.02 Å². The van der Waals surface area contributed by atoms with Crippen molar-refractivity contribution in [2.75, 3.05) is 17.1 Å². The fourth-order valence-electron chi connectivity index (χ4n) is 3.97. The number of halogens is 1. The lowest BCUT2D eigenvalue weighted by atomic mass is 10.1. The average Bonchev–Trinajstić information content (AvgIpc) is 2.72. The second-order valence-electron chi connectivity index (χ2n) is 10.3. The SMILES string of the molecule is Cc1cc(C)cc(N(CCCC(=O)N(Cc2ccccc2Cl)[C@@H](C)C(=O)NC(C)(C)C)S(C)(=O)=O)c1. The Morgan fingerprint density at radius 2 is 1.64 bits per heavy atom. The van der Waals surface area contributed by atoms with Gasteiger partial charge in [0.05, 0.1) is 11.9 Å². The number of anilines is 1. The molecule has 0 saturated carbocycles. The largest absolute Gasteiger partial charge is 0.350 e. The van der Waals surface area contributed by atoms with E-state index in [9.17, 15) is 18.0 Å². The maximum atomic E-state index is 13.4. The summed E-state index contributed by atoms with van der Waals surface area (Å²) >= 11 is 6.34. The first-order valence-electron chi connectivity index (χ1n) is 12.0. The molecule has 7 nitrogen and oxygen atoms in total. The Kier molecular flexibility index (Phi) is 9.97. The van der Waals surface area contributed by atoms with Crippen molar-refractivity contribution in [2.45, 2.75) is 72.5 Å². The molecule has 0 aromatic heterocycles. The van der Waals surface area contributed by atoms with Crippen LogP contribution in [0.5, 0.6) is 0 Å². The normalized spacial score (nSPS) is 12.7. The minimum Gasteiger partial charge on any atom is -0.350 e. The summed E-state index contributed by atoms with van der Waals surface area (Å²) in [4.78, 5) is 27.8. The van der Waals surface area contributed by atoms with Crippen LogP contribution in [0.15, 0.2) is 42.5 Å². The first kappa shape index (κ1) is 29.6. The van der Waals surface area contributed by atoms with Crippen LogP contribution in [0.1, 0.15) is 57.2 Å². The molecular weight excluding hydrogens is 498 g/mol. The third-order valence-electron chi connectivity index (χ3n) is 5.61. The Hall–Kier alpha value is -2.58. The number of carbonyl (C=O) groups excluding carboxylic acids is 2. The fraction of sp³-hybridized carbons (Fsp3) is 0.481. The highest BCUT2D eigenvalue weighted by molar-refractivity contribution is 7.92. The fourth-order valence-corrected chi connectivity index (χ4v) is 5.11. The summed E-state index contributed by atoms with van der Waals surface area (Å²) in [5.41, 5.74) is 2.77. The number of rotatable bonds is 10. The molecule has 0 radical (unpaired) electrons. The van der Waals surface area contributed by atoms with Crippen molar-refractivity contribution in [3.63, 3.8) is 0 Å². The van der Waals surface area contributed by atoms with E-state index in [4.69, 9.17) is 11.6 Å². The van der Waals surface area contributed by atoms with Gasteiger partial charge in [0.25, 0.3) is 0 Å². The molecule has 0 aliphatic rings. The molecular formula is C27H38ClN3O4S. The summed E-state index contributed by atoms with van der Waals surface area (Å²) in [6, 6.07) is 12.1. The van der Waals surface area contributed by atoms with E-state index in [1.807, 2.05) is 65.0 Å². The van der Waals surface area contributed by atoms with Crippen LogP contribution < -0.4 is 9.62 Å². The molecule has 0 saturated heterocycles. The third-order valence-corrected chi connectivity index (χ3v) is 7.17. The number of nitrogens with one attached hydrogen (secondary N) is 1. The van der Waals surface area contributed by atoms with E-state index in [1.54, 1.807) is 19.1 Å². The molecule has 36 heavy (non-hydrogen) atoms. The minimum absolute atomic E-state index is 0.0778. The van der Waals surface area contributed by atoms with Crippen LogP contribution in [-0.2, 0) is 26.2 Å². The highest BCUT2D eigenvalue weighted by Crippen LogP contribution is 2.23. The summed E-state index contributed by atoms with van der Waals surface area (Å²) in [5, 5.41) is 3.44. The topological polar surface area (TPSA) is 86.8 Å². The van der Waals surface area contributed by atoms with Gasteiger partial charge in [-0.05, 0) is 82.9 Å². The zero-order chi connectivity index (χ0) is 27.3. The average molecular weight is 536 g/mol. The zero-order valence-corrected chi connectivity index (χ0v) is 23.8. The number of aryl methyl sites for hydroxylation is 2. The second kappa shape index (κ2) is 12.1. The molecule has 1 atom stereocenters. The highest BCUT2D eigenvalue weighted by Gasteiger charge is 2.29. The third kappa shape index (κ3) is 8.82. The van der Waals surface area contributed by atoms with E-state index in [0.717, 1.165) is 22.9 Å². The van der Waals surface area contributed by atoms with Crippen LogP contribution in [0.25, 0.3) is 0 Å². The van der Waals surface area contributed by atoms with Crippen molar-refractivity contribution in [3.05, 3.63) is 64.2 Å². The van der Waals surface area contributed by atoms with E-state index < -0.39 is 21.6 Å². The molecule has 0 unspecified atom stereocenters. The van der Waals surface area contributed by atoms with Crippen molar-refractivity contribution in [3.8, 4) is 0 Å². The van der Waals surface area contributed by atoms with Crippen LogP contribution >= 0.6 is 11.6 Å². The number of amides is 2. The molecule has 2 amide bonds. The monoisotopic (exact) mass is 535 g/mol. The van der Waals surface area contributed by atoms with E-state index in [2.05, 4.69) is 5.32 Å². The molecule has 2 aromatic carbocycles. The second-order valence-corrected chi connectivity index (χ2v) is 12.6. The maximum absolute atomic E-state index is 13.4. The predicted molar refractivity (Wildman–Crippen MR) is 147 cm³/mol. The van der Waals surface area contributed by atoms with Gasteiger partial charge in [0.2, 0.25) is 21.8 Å². The van der Waals surface area contributed by atoms with Gasteiger partial charge in [-0.2, -0.15) is 0 Å². The first-order chi connectivity index (χ1) is 16.6. The van der Waals surface area contributed by atoms with Gasteiger partial charge in [-0.25, -0.2) is 8.42 Å². The van der Waals surface area contributed by atoms with Gasteiger partial charge < -0.3 is 10.2 Å². The number of hydrogen-bond acceptors (Lipinski definition) is 4. The molecule has 0 spiro atoms. The van der Waals surface area contributed by atoms with E-state index in [-0.39, 0.29) is 31.3 Å². The van der Waals surface area contributed by atoms with Gasteiger partial charge in [0, 0.05) is 30.1 Å².